The van der Waals surface area contributed by atoms with E-state index in [-0.39, 0.29) is 23.1 Å². The molecule has 1 fully saturated rings. The number of imide groups is 2. The first kappa shape index (κ1) is 14.7. The van der Waals surface area contributed by atoms with Crippen LogP contribution in [0.3, 0.4) is 0 Å². The van der Waals surface area contributed by atoms with Crippen LogP contribution in [0.4, 0.5) is 4.79 Å². The molecule has 2 N–H and O–H groups in total. The normalized spacial score (nSPS) is 17.5. The molecule has 0 aromatic heterocycles. The van der Waals surface area contributed by atoms with Crippen molar-refractivity contribution in [2.24, 2.45) is 0 Å². The van der Waals surface area contributed by atoms with Gasteiger partial charge < -0.3 is 0 Å². The van der Waals surface area contributed by atoms with Crippen molar-refractivity contribution < 1.29 is 14.4 Å². The monoisotopic (exact) mass is 256 g/mol. The summed E-state index contributed by atoms with van der Waals surface area (Å²) in [7, 11) is 0. The molecule has 5 nitrogen and oxygen atoms in total. The van der Waals surface area contributed by atoms with Gasteiger partial charge in [0.2, 0.25) is 11.8 Å². The summed E-state index contributed by atoms with van der Waals surface area (Å²) in [5, 5.41) is 4.28. The van der Waals surface area contributed by atoms with Crippen LogP contribution in [-0.2, 0) is 15.0 Å². The number of nitrogens with one attached hydrogen (secondary N) is 2. The third kappa shape index (κ3) is 2.13. The van der Waals surface area contributed by atoms with Crippen molar-refractivity contribution in [1.29, 1.82) is 0 Å². The molecule has 0 radical (unpaired) electrons. The number of benzene rings is 1. The van der Waals surface area contributed by atoms with Crippen LogP contribution in [0.15, 0.2) is 30.3 Å². The summed E-state index contributed by atoms with van der Waals surface area (Å²) in [5.41, 5.74) is -0.722. The number of rotatable bonds is 2. The van der Waals surface area contributed by atoms with Gasteiger partial charge in [-0.25, -0.2) is 4.79 Å². The number of hydrogen-bond acceptors (Lipinski definition) is 3. The van der Waals surface area contributed by atoms with Crippen LogP contribution in [0.1, 0.15) is 18.9 Å². The molecule has 18 heavy (non-hydrogen) atoms. The molecule has 1 saturated heterocycles. The van der Waals surface area contributed by atoms with Gasteiger partial charge in [-0.3, -0.25) is 20.2 Å². The molecule has 4 amide bonds. The molecule has 1 aromatic carbocycles. The maximum absolute atomic E-state index is 12.0. The Bertz CT molecular complexity index is 467. The quantitative estimate of drug-likeness (QED) is 0.591. The van der Waals surface area contributed by atoms with E-state index >= 15 is 0 Å². The Hall–Kier alpha value is -1.40. The molecule has 0 aliphatic carbocycles. The van der Waals surface area contributed by atoms with Crippen molar-refractivity contribution in [2.45, 2.75) is 18.8 Å². The molecule has 1 heterocycles. The van der Waals surface area contributed by atoms with E-state index in [0.29, 0.717) is 12.0 Å². The van der Waals surface area contributed by atoms with Gasteiger partial charge in [0, 0.05) is 0 Å². The Morgan fingerprint density at radius 1 is 1.00 bits per heavy atom. The van der Waals surface area contributed by atoms with Gasteiger partial charge in [-0.1, -0.05) is 37.3 Å². The first-order chi connectivity index (χ1) is 8.11. The van der Waals surface area contributed by atoms with Crippen molar-refractivity contribution in [3.05, 3.63) is 35.9 Å². The van der Waals surface area contributed by atoms with Crippen LogP contribution >= 0.6 is 0 Å². The maximum atomic E-state index is 12.0. The fourth-order valence-electron chi connectivity index (χ4n) is 2.06. The Morgan fingerprint density at radius 2 is 1.50 bits per heavy atom. The van der Waals surface area contributed by atoms with Crippen molar-refractivity contribution in [2.75, 3.05) is 0 Å². The van der Waals surface area contributed by atoms with Gasteiger partial charge in [-0.15, -0.1) is 0 Å². The smallest absolute Gasteiger partial charge is 0.277 e. The van der Waals surface area contributed by atoms with Crippen molar-refractivity contribution in [3.8, 4) is 0 Å². The van der Waals surface area contributed by atoms with Crippen LogP contribution in [0.2, 0.25) is 0 Å². The average molecular weight is 257 g/mol. The summed E-state index contributed by atoms with van der Waals surface area (Å²) in [6, 6.07) is 7.96. The number of barbiturate groups is 1. The van der Waals surface area contributed by atoms with Crippen molar-refractivity contribution in [1.82, 2.24) is 10.6 Å². The summed E-state index contributed by atoms with van der Waals surface area (Å²) < 4.78 is 0. The van der Waals surface area contributed by atoms with Gasteiger partial charge >= 0.3 is 29.1 Å². The molecule has 6 heteroatoms. The molecule has 0 saturated carbocycles. The number of carbonyl (C=O) groups is 3. The van der Waals surface area contributed by atoms with Gasteiger partial charge in [-0.2, -0.15) is 0 Å². The zero-order chi connectivity index (χ0) is 12.5. The van der Waals surface area contributed by atoms with Gasteiger partial charge in [-0.05, 0) is 12.0 Å². The van der Waals surface area contributed by atoms with Gasteiger partial charge in [0.25, 0.3) is 0 Å². The van der Waals surface area contributed by atoms with Gasteiger partial charge in [0.1, 0.15) is 0 Å². The molecular formula is C12H12MgN2O3+2. The molecule has 1 aliphatic rings. The summed E-state index contributed by atoms with van der Waals surface area (Å²) in [4.78, 5) is 35.0. The number of amides is 4. The zero-order valence-electron chi connectivity index (χ0n) is 10.0. The molecule has 88 valence electrons. The van der Waals surface area contributed by atoms with Crippen LogP contribution in [0, 0.1) is 0 Å². The Labute approximate surface area is 120 Å². The van der Waals surface area contributed by atoms with Crippen LogP contribution in [-0.4, -0.2) is 40.9 Å². The Kier molecular flexibility index (Phi) is 4.47. The van der Waals surface area contributed by atoms with E-state index in [0.717, 1.165) is 0 Å². The Morgan fingerprint density at radius 3 is 1.94 bits per heavy atom. The molecule has 0 bridgehead atoms. The first-order valence-corrected chi connectivity index (χ1v) is 5.33. The number of urea groups is 1. The van der Waals surface area contributed by atoms with Crippen LogP contribution < -0.4 is 10.6 Å². The van der Waals surface area contributed by atoms with E-state index in [1.54, 1.807) is 37.3 Å². The molecule has 0 atom stereocenters. The Balaban J connectivity index is 0.00000162. The average Bonchev–Trinajstić information content (AvgIpc) is 2.30. The van der Waals surface area contributed by atoms with Crippen molar-refractivity contribution in [3.63, 3.8) is 0 Å². The molecule has 0 spiro atoms. The molecule has 0 unspecified atom stereocenters. The number of hydrogen-bond donors (Lipinski definition) is 2. The minimum Gasteiger partial charge on any atom is -0.277 e. The van der Waals surface area contributed by atoms with Gasteiger partial charge in [0.15, 0.2) is 5.41 Å². The second kappa shape index (κ2) is 5.49. The van der Waals surface area contributed by atoms with E-state index in [1.165, 1.54) is 0 Å². The summed E-state index contributed by atoms with van der Waals surface area (Å²) in [5.74, 6) is -1.14. The van der Waals surface area contributed by atoms with E-state index in [2.05, 4.69) is 10.6 Å². The molecular weight excluding hydrogens is 244 g/mol. The van der Waals surface area contributed by atoms with Crippen LogP contribution in [0.25, 0.3) is 0 Å². The second-order valence-corrected chi connectivity index (χ2v) is 3.86. The number of carbonyl (C=O) groups excluding carboxylic acids is 3. The predicted molar refractivity (Wildman–Crippen MR) is 65.8 cm³/mol. The third-order valence-corrected chi connectivity index (χ3v) is 3.03. The standard InChI is InChI=1S/C12H12N2O3.Mg/c1-2-12(8-6-4-3-5-7-8)9(15)13-11(17)14-10(12)16;/h3-7H,2H2,1H3,(H2,13,14,15,16,17);/q;+2. The summed E-state index contributed by atoms with van der Waals surface area (Å²) in [6.07, 6.45) is 0.294. The molecule has 1 aliphatic heterocycles. The van der Waals surface area contributed by atoms with Crippen molar-refractivity contribution >= 4 is 40.9 Å². The van der Waals surface area contributed by atoms with E-state index in [1.807, 2.05) is 0 Å². The fourth-order valence-corrected chi connectivity index (χ4v) is 2.06. The second-order valence-electron chi connectivity index (χ2n) is 3.86. The molecule has 2 rings (SSSR count). The molecule has 1 aromatic rings. The summed E-state index contributed by atoms with van der Waals surface area (Å²) in [6.45, 7) is 1.74. The largest absolute Gasteiger partial charge is 2.00 e. The third-order valence-electron chi connectivity index (χ3n) is 3.03. The topological polar surface area (TPSA) is 75.3 Å². The SMILES string of the molecule is CCC1(c2ccccc2)C(=O)NC(=O)NC1=O.[Mg+2]. The minimum absolute atomic E-state index is 0. The minimum atomic E-state index is -1.31. The zero-order valence-corrected chi connectivity index (χ0v) is 11.4. The van der Waals surface area contributed by atoms with Gasteiger partial charge in [0.05, 0.1) is 0 Å². The maximum Gasteiger partial charge on any atom is 2.00 e. The van der Waals surface area contributed by atoms with E-state index < -0.39 is 23.3 Å². The van der Waals surface area contributed by atoms with E-state index in [4.69, 9.17) is 0 Å². The first-order valence-electron chi connectivity index (χ1n) is 5.33. The van der Waals surface area contributed by atoms with Crippen LogP contribution in [0.5, 0.6) is 0 Å². The predicted octanol–water partition coefficient (Wildman–Crippen LogP) is 0.320. The summed E-state index contributed by atoms with van der Waals surface area (Å²) >= 11 is 0. The fraction of sp³-hybridized carbons (Fsp3) is 0.250. The van der Waals surface area contributed by atoms with E-state index in [9.17, 15) is 14.4 Å².